The van der Waals surface area contributed by atoms with Crippen molar-refractivity contribution in [3.63, 3.8) is 0 Å². The first-order chi connectivity index (χ1) is 15.4. The van der Waals surface area contributed by atoms with Crippen molar-refractivity contribution >= 4 is 28.3 Å². The summed E-state index contributed by atoms with van der Waals surface area (Å²) >= 11 is 6.34. The van der Waals surface area contributed by atoms with Gasteiger partial charge in [0.15, 0.2) is 0 Å². The van der Waals surface area contributed by atoms with Crippen LogP contribution in [0.3, 0.4) is 0 Å². The second kappa shape index (κ2) is 9.01. The van der Waals surface area contributed by atoms with E-state index in [2.05, 4.69) is 15.0 Å². The van der Waals surface area contributed by atoms with Crippen molar-refractivity contribution in [2.45, 2.75) is 39.9 Å². The molecule has 0 bridgehead atoms. The van der Waals surface area contributed by atoms with E-state index in [-0.39, 0.29) is 24.1 Å². The number of benzene rings is 2. The lowest BCUT2D eigenvalue weighted by Crippen LogP contribution is -2.35. The van der Waals surface area contributed by atoms with Gasteiger partial charge in [0, 0.05) is 28.3 Å². The van der Waals surface area contributed by atoms with Gasteiger partial charge >= 0.3 is 0 Å². The van der Waals surface area contributed by atoms with E-state index >= 15 is 0 Å². The van der Waals surface area contributed by atoms with Crippen LogP contribution in [0.1, 0.15) is 35.5 Å². The van der Waals surface area contributed by atoms with Crippen molar-refractivity contribution < 1.29 is 4.79 Å². The van der Waals surface area contributed by atoms with Crippen LogP contribution in [0.25, 0.3) is 10.8 Å². The van der Waals surface area contributed by atoms with Crippen molar-refractivity contribution in [2.75, 3.05) is 0 Å². The van der Waals surface area contributed by atoms with Crippen molar-refractivity contribution in [1.29, 1.82) is 0 Å². The molecule has 6 nitrogen and oxygen atoms in total. The first kappa shape index (κ1) is 21.8. The van der Waals surface area contributed by atoms with Crippen LogP contribution in [0.5, 0.6) is 0 Å². The van der Waals surface area contributed by atoms with Crippen LogP contribution in [0.4, 0.5) is 0 Å². The van der Waals surface area contributed by atoms with E-state index in [4.69, 9.17) is 11.6 Å². The van der Waals surface area contributed by atoms with Gasteiger partial charge in [-0.15, -0.1) is 0 Å². The van der Waals surface area contributed by atoms with Crippen molar-refractivity contribution in [3.05, 3.63) is 98.7 Å². The molecule has 32 heavy (non-hydrogen) atoms. The van der Waals surface area contributed by atoms with Gasteiger partial charge in [-0.1, -0.05) is 60.1 Å². The zero-order chi connectivity index (χ0) is 22.8. The highest BCUT2D eigenvalue weighted by molar-refractivity contribution is 6.31. The number of aromatic nitrogens is 3. The van der Waals surface area contributed by atoms with Gasteiger partial charge in [0.25, 0.3) is 5.56 Å². The maximum Gasteiger partial charge on any atom is 0.276 e. The van der Waals surface area contributed by atoms with Crippen LogP contribution in [0.15, 0.2) is 65.6 Å². The van der Waals surface area contributed by atoms with Crippen molar-refractivity contribution in [2.24, 2.45) is 0 Å². The summed E-state index contributed by atoms with van der Waals surface area (Å²) in [5, 5.41) is 9.25. The van der Waals surface area contributed by atoms with Gasteiger partial charge in [0.05, 0.1) is 17.6 Å². The summed E-state index contributed by atoms with van der Waals surface area (Å²) in [6, 6.07) is 17.2. The van der Waals surface area contributed by atoms with E-state index in [1.807, 2.05) is 75.4 Å². The number of halogens is 1. The Morgan fingerprint density at radius 1 is 1.06 bits per heavy atom. The Kier molecular flexibility index (Phi) is 6.15. The number of rotatable bonds is 6. The molecule has 0 spiro atoms. The van der Waals surface area contributed by atoms with Gasteiger partial charge in [-0.3, -0.25) is 9.59 Å². The molecule has 164 valence electrons. The fraction of sp³-hybridized carbons (Fsp3) is 0.240. The molecule has 7 heteroatoms. The van der Waals surface area contributed by atoms with Crippen LogP contribution in [-0.4, -0.2) is 20.3 Å². The number of hydrogen-bond acceptors (Lipinski definition) is 3. The molecule has 0 aliphatic heterocycles. The molecule has 1 amide bonds. The van der Waals surface area contributed by atoms with Crippen LogP contribution >= 0.6 is 11.6 Å². The van der Waals surface area contributed by atoms with Gasteiger partial charge in [0.1, 0.15) is 6.54 Å². The first-order valence-electron chi connectivity index (χ1n) is 10.5. The molecule has 2 aromatic heterocycles. The summed E-state index contributed by atoms with van der Waals surface area (Å²) in [6.45, 7) is 6.21. The normalized spacial score (nSPS) is 12.1. The predicted octanol–water partition coefficient (Wildman–Crippen LogP) is 4.39. The summed E-state index contributed by atoms with van der Waals surface area (Å²) in [7, 11) is 0. The molecule has 1 atom stereocenters. The van der Waals surface area contributed by atoms with E-state index in [0.29, 0.717) is 17.0 Å². The smallest absolute Gasteiger partial charge is 0.276 e. The Balaban J connectivity index is 1.61. The Hall–Kier alpha value is -3.38. The molecule has 4 aromatic rings. The Labute approximate surface area is 191 Å². The molecular formula is C25H25ClN4O2. The number of hydrogen-bond donors (Lipinski definition) is 1. The second-order valence-electron chi connectivity index (χ2n) is 7.94. The molecule has 0 radical (unpaired) electrons. The number of amides is 1. The monoisotopic (exact) mass is 448 g/mol. The summed E-state index contributed by atoms with van der Waals surface area (Å²) in [5.41, 5.74) is 3.47. The molecule has 1 N–H and O–H groups in total. The van der Waals surface area contributed by atoms with Crippen LogP contribution in [-0.2, 0) is 17.9 Å². The molecule has 0 aliphatic carbocycles. The van der Waals surface area contributed by atoms with Gasteiger partial charge < -0.3 is 9.88 Å². The molecule has 0 aliphatic rings. The summed E-state index contributed by atoms with van der Waals surface area (Å²) in [4.78, 5) is 25.8. The number of aryl methyl sites for hydroxylation is 2. The molecule has 4 rings (SSSR count). The molecular weight excluding hydrogens is 424 g/mol. The minimum Gasteiger partial charge on any atom is -0.348 e. The molecule has 1 unspecified atom stereocenters. The lowest BCUT2D eigenvalue weighted by molar-refractivity contribution is -0.122. The minimum absolute atomic E-state index is 0.139. The molecule has 2 aromatic carbocycles. The summed E-state index contributed by atoms with van der Waals surface area (Å²) < 4.78 is 3.29. The molecule has 0 saturated carbocycles. The molecule has 2 heterocycles. The number of nitrogens with zero attached hydrogens (tertiary/aromatic N) is 3. The lowest BCUT2D eigenvalue weighted by Gasteiger charge is -2.14. The van der Waals surface area contributed by atoms with Gasteiger partial charge in [-0.25, -0.2) is 4.68 Å². The Bertz CT molecular complexity index is 1340. The van der Waals surface area contributed by atoms with E-state index in [1.54, 1.807) is 6.20 Å². The number of carbonyl (C=O) groups excluding carboxylic acids is 1. The largest absolute Gasteiger partial charge is 0.348 e. The van der Waals surface area contributed by atoms with E-state index in [0.717, 1.165) is 27.9 Å². The average molecular weight is 449 g/mol. The maximum absolute atomic E-state index is 13.2. The number of fused-ring (bicyclic) bond motifs is 1. The van der Waals surface area contributed by atoms with Crippen LogP contribution < -0.4 is 10.9 Å². The van der Waals surface area contributed by atoms with Gasteiger partial charge in [-0.2, -0.15) is 5.10 Å². The first-order valence-corrected chi connectivity index (χ1v) is 10.9. The number of carbonyl (C=O) groups is 1. The quantitative estimate of drug-likeness (QED) is 0.475. The van der Waals surface area contributed by atoms with Gasteiger partial charge in [0.2, 0.25) is 5.91 Å². The van der Waals surface area contributed by atoms with Crippen molar-refractivity contribution in [1.82, 2.24) is 19.7 Å². The third-order valence-electron chi connectivity index (χ3n) is 5.86. The second-order valence-corrected chi connectivity index (χ2v) is 8.35. The summed E-state index contributed by atoms with van der Waals surface area (Å²) in [6.07, 6.45) is 1.66. The van der Waals surface area contributed by atoms with E-state index in [9.17, 15) is 9.59 Å². The highest BCUT2D eigenvalue weighted by Crippen LogP contribution is 2.25. The highest BCUT2D eigenvalue weighted by Gasteiger charge is 2.18. The Morgan fingerprint density at radius 3 is 2.47 bits per heavy atom. The minimum atomic E-state index is -0.275. The fourth-order valence-corrected chi connectivity index (χ4v) is 4.24. The van der Waals surface area contributed by atoms with Gasteiger partial charge in [-0.05, 0) is 38.0 Å². The van der Waals surface area contributed by atoms with Crippen LogP contribution in [0, 0.1) is 13.8 Å². The molecule has 0 fully saturated rings. The van der Waals surface area contributed by atoms with Crippen molar-refractivity contribution in [3.8, 4) is 0 Å². The Morgan fingerprint density at radius 2 is 1.75 bits per heavy atom. The van der Waals surface area contributed by atoms with Crippen LogP contribution in [0.2, 0.25) is 5.02 Å². The summed E-state index contributed by atoms with van der Waals surface area (Å²) in [5.74, 6) is -0.264. The topological polar surface area (TPSA) is 68.9 Å². The number of nitrogens with one attached hydrogen (secondary N) is 1. The molecule has 0 saturated heterocycles. The average Bonchev–Trinajstić information content (AvgIpc) is 3.02. The predicted molar refractivity (Wildman–Crippen MR) is 127 cm³/mol. The third kappa shape index (κ3) is 4.18. The maximum atomic E-state index is 13.2. The van der Waals surface area contributed by atoms with E-state index < -0.39 is 0 Å². The lowest BCUT2D eigenvalue weighted by atomic mass is 10.1. The fourth-order valence-electron chi connectivity index (χ4n) is 4.04. The zero-order valence-electron chi connectivity index (χ0n) is 18.3. The van der Waals surface area contributed by atoms with E-state index in [1.165, 1.54) is 4.68 Å². The zero-order valence-corrected chi connectivity index (χ0v) is 19.1. The third-order valence-corrected chi connectivity index (χ3v) is 6.23. The highest BCUT2D eigenvalue weighted by atomic mass is 35.5. The standard InChI is InChI=1S/C25H25ClN4O2/c1-16(19-9-5-4-6-10-19)28-23(31)15-30-25(32)24-18(3)29(17(2)21(24)13-27-30)14-20-11-7-8-12-22(20)26/h4-13,16H,14-15H2,1-3H3,(H,28,31). The SMILES string of the molecule is Cc1c2cnn(CC(=O)NC(C)c3ccccc3)c(=O)c2c(C)n1Cc1ccccc1Cl.